The van der Waals surface area contributed by atoms with Crippen LogP contribution in [0, 0.1) is 0 Å². The maximum Gasteiger partial charge on any atom is 0.0468 e. The zero-order valence-electron chi connectivity index (χ0n) is 6.55. The Balaban J connectivity index is 0.00000121. The van der Waals surface area contributed by atoms with Gasteiger partial charge in [0.25, 0.3) is 0 Å². The third-order valence-corrected chi connectivity index (χ3v) is 2.11. The van der Waals surface area contributed by atoms with Crippen molar-refractivity contribution in [1.82, 2.24) is 0 Å². The van der Waals surface area contributed by atoms with Crippen LogP contribution in [0.3, 0.4) is 0 Å². The van der Waals surface area contributed by atoms with E-state index in [1.54, 1.807) is 18.2 Å². The highest BCUT2D eigenvalue weighted by atomic mass is 35.5. The smallest absolute Gasteiger partial charge is 0.0468 e. The first kappa shape index (κ1) is 12.0. The zero-order valence-corrected chi connectivity index (χ0v) is 8.88. The van der Waals surface area contributed by atoms with Gasteiger partial charge in [0, 0.05) is 21.7 Å². The van der Waals surface area contributed by atoms with Crippen LogP contribution in [0.1, 0.15) is 18.5 Å². The summed E-state index contributed by atoms with van der Waals surface area (Å²) in [4.78, 5) is 0. The number of hydrogen-bond acceptors (Lipinski definition) is 1. The second-order valence-corrected chi connectivity index (χ2v) is 3.24. The monoisotopic (exact) mass is 225 g/mol. The average Bonchev–Trinajstić information content (AvgIpc) is 1.85. The highest BCUT2D eigenvalue weighted by Gasteiger charge is 2.08. The van der Waals surface area contributed by atoms with Gasteiger partial charge in [-0.05, 0) is 19.1 Å². The van der Waals surface area contributed by atoms with Gasteiger partial charge in [-0.2, -0.15) is 0 Å². The van der Waals surface area contributed by atoms with Crippen LogP contribution >= 0.6 is 35.6 Å². The minimum Gasteiger partial charge on any atom is -0.324 e. The van der Waals surface area contributed by atoms with Crippen molar-refractivity contribution in [3.63, 3.8) is 0 Å². The predicted octanol–water partition coefficient (Wildman–Crippen LogP) is 3.43. The molecule has 0 spiro atoms. The molecule has 68 valence electrons. The summed E-state index contributed by atoms with van der Waals surface area (Å²) in [7, 11) is 0. The van der Waals surface area contributed by atoms with Gasteiger partial charge in [0.1, 0.15) is 0 Å². The molecule has 0 amide bonds. The van der Waals surface area contributed by atoms with E-state index < -0.39 is 0 Å². The Morgan fingerprint density at radius 2 is 1.67 bits per heavy atom. The van der Waals surface area contributed by atoms with Crippen LogP contribution in [0.4, 0.5) is 0 Å². The Morgan fingerprint density at radius 1 is 1.25 bits per heavy atom. The summed E-state index contributed by atoms with van der Waals surface area (Å²) in [6, 6.07) is 5.26. The van der Waals surface area contributed by atoms with E-state index in [0.717, 1.165) is 5.56 Å². The Morgan fingerprint density at radius 3 is 1.92 bits per heavy atom. The van der Waals surface area contributed by atoms with Gasteiger partial charge in [-0.1, -0.05) is 29.3 Å². The van der Waals surface area contributed by atoms with Gasteiger partial charge in [0.2, 0.25) is 0 Å². The van der Waals surface area contributed by atoms with Gasteiger partial charge in [-0.25, -0.2) is 0 Å². The van der Waals surface area contributed by atoms with Gasteiger partial charge < -0.3 is 5.73 Å². The highest BCUT2D eigenvalue weighted by Crippen LogP contribution is 2.28. The molecule has 0 saturated carbocycles. The lowest BCUT2D eigenvalue weighted by atomic mass is 10.1. The van der Waals surface area contributed by atoms with E-state index in [1.807, 2.05) is 6.92 Å². The van der Waals surface area contributed by atoms with E-state index >= 15 is 0 Å². The molecule has 1 aromatic rings. The SMILES string of the molecule is C[C@H](N)c1c(Cl)cccc1Cl.Cl. The highest BCUT2D eigenvalue weighted by molar-refractivity contribution is 6.36. The molecule has 1 aromatic carbocycles. The third kappa shape index (κ3) is 2.53. The topological polar surface area (TPSA) is 26.0 Å². The lowest BCUT2D eigenvalue weighted by Gasteiger charge is -2.09. The number of halogens is 3. The molecule has 0 aliphatic carbocycles. The second-order valence-electron chi connectivity index (χ2n) is 2.42. The normalized spacial score (nSPS) is 12.0. The van der Waals surface area contributed by atoms with Crippen molar-refractivity contribution in [3.05, 3.63) is 33.8 Å². The fourth-order valence-electron chi connectivity index (χ4n) is 0.946. The lowest BCUT2D eigenvalue weighted by molar-refractivity contribution is 0.819. The van der Waals surface area contributed by atoms with Gasteiger partial charge >= 0.3 is 0 Å². The van der Waals surface area contributed by atoms with Crippen LogP contribution in [-0.2, 0) is 0 Å². The van der Waals surface area contributed by atoms with Crippen LogP contribution in [0.15, 0.2) is 18.2 Å². The number of nitrogens with two attached hydrogens (primary N) is 1. The summed E-state index contributed by atoms with van der Waals surface area (Å²) < 4.78 is 0. The van der Waals surface area contributed by atoms with Crippen molar-refractivity contribution in [3.8, 4) is 0 Å². The van der Waals surface area contributed by atoms with Crippen molar-refractivity contribution in [2.75, 3.05) is 0 Å². The summed E-state index contributed by atoms with van der Waals surface area (Å²) in [5, 5.41) is 1.26. The Hall–Kier alpha value is 0.0500. The van der Waals surface area contributed by atoms with E-state index in [9.17, 15) is 0 Å². The molecule has 12 heavy (non-hydrogen) atoms. The fourth-order valence-corrected chi connectivity index (χ4v) is 1.69. The maximum atomic E-state index is 5.86. The number of rotatable bonds is 1. The summed E-state index contributed by atoms with van der Waals surface area (Å²) >= 11 is 11.7. The minimum absolute atomic E-state index is 0. The van der Waals surface area contributed by atoms with E-state index in [-0.39, 0.29) is 18.4 Å². The van der Waals surface area contributed by atoms with E-state index in [0.29, 0.717) is 10.0 Å². The van der Waals surface area contributed by atoms with Crippen molar-refractivity contribution in [1.29, 1.82) is 0 Å². The maximum absolute atomic E-state index is 5.86. The molecule has 0 heterocycles. The van der Waals surface area contributed by atoms with Crippen LogP contribution in [0.5, 0.6) is 0 Å². The van der Waals surface area contributed by atoms with Crippen LogP contribution in [0.25, 0.3) is 0 Å². The standard InChI is InChI=1S/C8H9Cl2N.ClH/c1-5(11)8-6(9)3-2-4-7(8)10;/h2-5H,11H2,1H3;1H/t5-;/m0./s1. The first-order chi connectivity index (χ1) is 5.13. The third-order valence-electron chi connectivity index (χ3n) is 1.46. The largest absolute Gasteiger partial charge is 0.324 e. The van der Waals surface area contributed by atoms with Crippen molar-refractivity contribution in [2.24, 2.45) is 5.73 Å². The molecule has 0 aromatic heterocycles. The molecular weight excluding hydrogens is 216 g/mol. The molecule has 0 bridgehead atoms. The minimum atomic E-state index is -0.115. The summed E-state index contributed by atoms with van der Waals surface area (Å²) in [6.45, 7) is 1.85. The summed E-state index contributed by atoms with van der Waals surface area (Å²) in [6.07, 6.45) is 0. The fraction of sp³-hybridized carbons (Fsp3) is 0.250. The molecule has 0 aliphatic rings. The Labute approximate surface area is 88.3 Å². The van der Waals surface area contributed by atoms with Crippen molar-refractivity contribution >= 4 is 35.6 Å². The summed E-state index contributed by atoms with van der Waals surface area (Å²) in [5.41, 5.74) is 6.46. The lowest BCUT2D eigenvalue weighted by Crippen LogP contribution is -2.06. The van der Waals surface area contributed by atoms with Crippen molar-refractivity contribution < 1.29 is 0 Å². The molecule has 4 heteroatoms. The van der Waals surface area contributed by atoms with Crippen LogP contribution in [0.2, 0.25) is 10.0 Å². The molecule has 2 N–H and O–H groups in total. The van der Waals surface area contributed by atoms with Crippen LogP contribution in [-0.4, -0.2) is 0 Å². The number of benzene rings is 1. The number of hydrogen-bond donors (Lipinski definition) is 1. The molecule has 1 rings (SSSR count). The molecule has 0 fully saturated rings. The molecule has 0 radical (unpaired) electrons. The quantitative estimate of drug-likeness (QED) is 0.780. The molecule has 0 unspecified atom stereocenters. The van der Waals surface area contributed by atoms with Gasteiger partial charge in [0.15, 0.2) is 0 Å². The Kier molecular flexibility index (Phi) is 4.95. The molecule has 1 atom stereocenters. The van der Waals surface area contributed by atoms with Gasteiger partial charge in [-0.3, -0.25) is 0 Å². The second kappa shape index (κ2) is 4.93. The first-order valence-corrected chi connectivity index (χ1v) is 4.08. The van der Waals surface area contributed by atoms with Gasteiger partial charge in [0.05, 0.1) is 0 Å². The molecule has 0 saturated heterocycles. The Bertz CT molecular complexity index is 240. The van der Waals surface area contributed by atoms with Gasteiger partial charge in [-0.15, -0.1) is 12.4 Å². The summed E-state index contributed by atoms with van der Waals surface area (Å²) in [5.74, 6) is 0. The molecular formula is C8H10Cl3N. The first-order valence-electron chi connectivity index (χ1n) is 3.32. The van der Waals surface area contributed by atoms with Crippen LogP contribution < -0.4 is 5.73 Å². The average molecular weight is 227 g/mol. The van der Waals surface area contributed by atoms with Crippen molar-refractivity contribution in [2.45, 2.75) is 13.0 Å². The van der Waals surface area contributed by atoms with E-state index in [1.165, 1.54) is 0 Å². The van der Waals surface area contributed by atoms with E-state index in [2.05, 4.69) is 0 Å². The van der Waals surface area contributed by atoms with E-state index in [4.69, 9.17) is 28.9 Å². The molecule has 0 aliphatic heterocycles. The predicted molar refractivity (Wildman–Crippen MR) is 56.3 cm³/mol. The molecule has 1 nitrogen and oxygen atoms in total. The zero-order chi connectivity index (χ0) is 8.43.